The Hall–Kier alpha value is -2.94. The standard InChI is InChI=1S/C22H26N2O6S/c1-14-5-7-16-17(11-22(2,3)30-19(16)9-14)23-21(25)12-24(31(4,26)27)15-6-8-18-20(10-15)29-13-28-18/h5-10,17H,11-13H2,1-4H3,(H,23,25). The number of nitrogens with zero attached hydrogens (tertiary/aromatic N) is 1. The van der Waals surface area contributed by atoms with Gasteiger partial charge in [0.15, 0.2) is 11.5 Å². The Labute approximate surface area is 182 Å². The van der Waals surface area contributed by atoms with Crippen LogP contribution >= 0.6 is 0 Å². The fourth-order valence-electron chi connectivity index (χ4n) is 3.90. The van der Waals surface area contributed by atoms with Gasteiger partial charge in [0.1, 0.15) is 17.9 Å². The van der Waals surface area contributed by atoms with Gasteiger partial charge >= 0.3 is 0 Å². The van der Waals surface area contributed by atoms with Gasteiger partial charge in [0.05, 0.1) is 18.0 Å². The van der Waals surface area contributed by atoms with Gasteiger partial charge < -0.3 is 19.5 Å². The van der Waals surface area contributed by atoms with Crippen molar-refractivity contribution in [3.05, 3.63) is 47.5 Å². The third kappa shape index (κ3) is 4.56. The molecule has 0 bridgehead atoms. The number of carbonyl (C=O) groups is 1. The van der Waals surface area contributed by atoms with Gasteiger partial charge in [-0.25, -0.2) is 8.42 Å². The third-order valence-corrected chi connectivity index (χ3v) is 6.43. The summed E-state index contributed by atoms with van der Waals surface area (Å²) in [4.78, 5) is 12.9. The Morgan fingerprint density at radius 1 is 1.13 bits per heavy atom. The number of anilines is 1. The summed E-state index contributed by atoms with van der Waals surface area (Å²) in [5.74, 6) is 1.31. The molecule has 2 aliphatic rings. The van der Waals surface area contributed by atoms with Crippen molar-refractivity contribution in [1.29, 1.82) is 0 Å². The highest BCUT2D eigenvalue weighted by molar-refractivity contribution is 7.92. The maximum Gasteiger partial charge on any atom is 0.241 e. The topological polar surface area (TPSA) is 94.2 Å². The lowest BCUT2D eigenvalue weighted by Gasteiger charge is -2.38. The first kappa shape index (κ1) is 21.3. The molecule has 0 fully saturated rings. The Kier molecular flexibility index (Phi) is 5.25. The lowest BCUT2D eigenvalue weighted by atomic mass is 9.89. The van der Waals surface area contributed by atoms with E-state index >= 15 is 0 Å². The monoisotopic (exact) mass is 446 g/mol. The number of fused-ring (bicyclic) bond motifs is 2. The van der Waals surface area contributed by atoms with Crippen molar-refractivity contribution in [1.82, 2.24) is 5.32 Å². The van der Waals surface area contributed by atoms with Crippen molar-refractivity contribution < 1.29 is 27.4 Å². The number of benzene rings is 2. The molecule has 31 heavy (non-hydrogen) atoms. The highest BCUT2D eigenvalue weighted by atomic mass is 32.2. The van der Waals surface area contributed by atoms with E-state index in [1.165, 1.54) is 0 Å². The summed E-state index contributed by atoms with van der Waals surface area (Å²) >= 11 is 0. The summed E-state index contributed by atoms with van der Waals surface area (Å²) in [5, 5.41) is 2.99. The van der Waals surface area contributed by atoms with Crippen LogP contribution in [0.1, 0.15) is 37.4 Å². The number of hydrogen-bond donors (Lipinski definition) is 1. The number of ether oxygens (including phenoxy) is 3. The molecule has 2 aromatic rings. The van der Waals surface area contributed by atoms with Gasteiger partial charge in [-0.3, -0.25) is 9.10 Å². The van der Waals surface area contributed by atoms with Crippen molar-refractivity contribution in [2.45, 2.75) is 38.8 Å². The second kappa shape index (κ2) is 7.64. The first-order chi connectivity index (χ1) is 14.5. The maximum atomic E-state index is 12.9. The Balaban J connectivity index is 1.56. The van der Waals surface area contributed by atoms with Gasteiger partial charge in [0.25, 0.3) is 0 Å². The highest BCUT2D eigenvalue weighted by Crippen LogP contribution is 2.40. The first-order valence-corrected chi connectivity index (χ1v) is 11.8. The summed E-state index contributed by atoms with van der Waals surface area (Å²) < 4.78 is 42.7. The minimum absolute atomic E-state index is 0.0799. The predicted octanol–water partition coefficient (Wildman–Crippen LogP) is 2.91. The summed E-state index contributed by atoms with van der Waals surface area (Å²) in [6.45, 7) is 5.64. The highest BCUT2D eigenvalue weighted by Gasteiger charge is 2.35. The average molecular weight is 447 g/mol. The van der Waals surface area contributed by atoms with Crippen LogP contribution in [0.25, 0.3) is 0 Å². The molecule has 1 N–H and O–H groups in total. The molecule has 0 aromatic heterocycles. The zero-order chi connectivity index (χ0) is 22.4. The summed E-state index contributed by atoms with van der Waals surface area (Å²) in [7, 11) is -3.71. The van der Waals surface area contributed by atoms with E-state index in [1.54, 1.807) is 18.2 Å². The minimum atomic E-state index is -3.71. The summed E-state index contributed by atoms with van der Waals surface area (Å²) in [6.07, 6.45) is 1.64. The van der Waals surface area contributed by atoms with Crippen LogP contribution in [-0.2, 0) is 14.8 Å². The van der Waals surface area contributed by atoms with Gasteiger partial charge in [-0.1, -0.05) is 12.1 Å². The number of aryl methyl sites for hydroxylation is 1. The third-order valence-electron chi connectivity index (χ3n) is 5.29. The molecule has 0 saturated heterocycles. The van der Waals surface area contributed by atoms with Crippen LogP contribution in [0.2, 0.25) is 0 Å². The SMILES string of the molecule is Cc1ccc2c(c1)OC(C)(C)CC2NC(=O)CN(c1ccc2c(c1)OCO2)S(C)(=O)=O. The first-order valence-electron chi connectivity index (χ1n) is 9.98. The van der Waals surface area contributed by atoms with Crippen LogP contribution in [-0.4, -0.2) is 39.5 Å². The van der Waals surface area contributed by atoms with Crippen molar-refractivity contribution in [3.63, 3.8) is 0 Å². The van der Waals surface area contributed by atoms with E-state index in [-0.39, 0.29) is 19.4 Å². The zero-order valence-electron chi connectivity index (χ0n) is 18.0. The van der Waals surface area contributed by atoms with Crippen molar-refractivity contribution in [2.24, 2.45) is 0 Å². The average Bonchev–Trinajstić information content (AvgIpc) is 3.11. The predicted molar refractivity (Wildman–Crippen MR) is 116 cm³/mol. The smallest absolute Gasteiger partial charge is 0.241 e. The Morgan fingerprint density at radius 3 is 2.61 bits per heavy atom. The van der Waals surface area contributed by atoms with Gasteiger partial charge in [0.2, 0.25) is 22.7 Å². The fourth-order valence-corrected chi connectivity index (χ4v) is 4.75. The van der Waals surface area contributed by atoms with Gasteiger partial charge in [-0.15, -0.1) is 0 Å². The molecular weight excluding hydrogens is 420 g/mol. The van der Waals surface area contributed by atoms with E-state index in [0.29, 0.717) is 23.6 Å². The largest absolute Gasteiger partial charge is 0.487 e. The van der Waals surface area contributed by atoms with E-state index < -0.39 is 21.5 Å². The van der Waals surface area contributed by atoms with Crippen molar-refractivity contribution >= 4 is 21.6 Å². The van der Waals surface area contributed by atoms with Crippen LogP contribution < -0.4 is 23.8 Å². The number of nitrogens with one attached hydrogen (secondary N) is 1. The molecule has 0 saturated carbocycles. The number of amides is 1. The molecule has 9 heteroatoms. The zero-order valence-corrected chi connectivity index (χ0v) is 18.8. The van der Waals surface area contributed by atoms with Crippen molar-refractivity contribution in [2.75, 3.05) is 23.9 Å². The van der Waals surface area contributed by atoms with Crippen LogP contribution in [0, 0.1) is 6.92 Å². The van der Waals surface area contributed by atoms with E-state index in [1.807, 2.05) is 39.0 Å². The molecule has 0 radical (unpaired) electrons. The van der Waals surface area contributed by atoms with Crippen LogP contribution in [0.4, 0.5) is 5.69 Å². The van der Waals surface area contributed by atoms with Crippen molar-refractivity contribution in [3.8, 4) is 17.2 Å². The van der Waals surface area contributed by atoms with E-state index in [9.17, 15) is 13.2 Å². The van der Waals surface area contributed by atoms with E-state index in [0.717, 1.165) is 27.4 Å². The van der Waals surface area contributed by atoms with Gasteiger partial charge in [-0.2, -0.15) is 0 Å². The molecule has 4 rings (SSSR count). The molecule has 0 spiro atoms. The van der Waals surface area contributed by atoms with Gasteiger partial charge in [0, 0.05) is 18.1 Å². The maximum absolute atomic E-state index is 12.9. The quantitative estimate of drug-likeness (QED) is 0.759. The lowest BCUT2D eigenvalue weighted by Crippen LogP contribution is -2.45. The van der Waals surface area contributed by atoms with Crippen LogP contribution in [0.15, 0.2) is 36.4 Å². The number of carbonyl (C=O) groups excluding carboxylic acids is 1. The van der Waals surface area contributed by atoms with E-state index in [2.05, 4.69) is 5.32 Å². The lowest BCUT2D eigenvalue weighted by molar-refractivity contribution is -0.120. The molecule has 2 aromatic carbocycles. The summed E-state index contributed by atoms with van der Waals surface area (Å²) in [5.41, 5.74) is 1.82. The van der Waals surface area contributed by atoms with Crippen LogP contribution in [0.3, 0.4) is 0 Å². The number of rotatable bonds is 5. The molecule has 2 aliphatic heterocycles. The normalized spacial score (nSPS) is 18.6. The van der Waals surface area contributed by atoms with E-state index in [4.69, 9.17) is 14.2 Å². The van der Waals surface area contributed by atoms with Gasteiger partial charge in [-0.05, 0) is 44.5 Å². The summed E-state index contributed by atoms with van der Waals surface area (Å²) in [6, 6.07) is 10.4. The molecule has 0 aliphatic carbocycles. The molecule has 166 valence electrons. The Morgan fingerprint density at radius 2 is 1.87 bits per heavy atom. The van der Waals surface area contributed by atoms with Crippen LogP contribution in [0.5, 0.6) is 17.2 Å². The molecule has 1 unspecified atom stereocenters. The molecule has 2 heterocycles. The molecular formula is C22H26N2O6S. The second-order valence-electron chi connectivity index (χ2n) is 8.53. The molecule has 1 atom stereocenters. The fraction of sp³-hybridized carbons (Fsp3) is 0.409. The molecule has 1 amide bonds. The second-order valence-corrected chi connectivity index (χ2v) is 10.4. The molecule has 8 nitrogen and oxygen atoms in total. The Bertz CT molecular complexity index is 1130. The minimum Gasteiger partial charge on any atom is -0.487 e. The number of hydrogen-bond acceptors (Lipinski definition) is 6. The number of sulfonamides is 1.